The van der Waals surface area contributed by atoms with Gasteiger partial charge in [0.25, 0.3) is 0 Å². The summed E-state index contributed by atoms with van der Waals surface area (Å²) in [6.45, 7) is 1.36. The van der Waals surface area contributed by atoms with E-state index in [4.69, 9.17) is 30.4 Å². The van der Waals surface area contributed by atoms with Crippen LogP contribution in [0.1, 0.15) is 62.8 Å². The van der Waals surface area contributed by atoms with Crippen molar-refractivity contribution >= 4 is 32.9 Å². The first-order chi connectivity index (χ1) is 17.6. The van der Waals surface area contributed by atoms with Gasteiger partial charge in [-0.15, -0.1) is 0 Å². The predicted octanol–water partition coefficient (Wildman–Crippen LogP) is 4.50. The number of anilines is 1. The Balaban J connectivity index is 0.000000493. The molecule has 3 rings (SSSR count). The van der Waals surface area contributed by atoms with Crippen molar-refractivity contribution in [3.8, 4) is 11.5 Å². The zero-order valence-corrected chi connectivity index (χ0v) is 23.0. The molecule has 2 heterocycles. The molecular weight excluding hydrogens is 526 g/mol. The summed E-state index contributed by atoms with van der Waals surface area (Å²) < 4.78 is 13.0. The van der Waals surface area contributed by atoms with Gasteiger partial charge in [0.15, 0.2) is 17.0 Å². The molecule has 200 valence electrons. The van der Waals surface area contributed by atoms with Gasteiger partial charge in [0, 0.05) is 37.1 Å². The number of aliphatic hydroxyl groups is 2. The summed E-state index contributed by atoms with van der Waals surface area (Å²) in [4.78, 5) is 13.2. The predicted molar refractivity (Wildman–Crippen MR) is 147 cm³/mol. The second-order valence-corrected chi connectivity index (χ2v) is 9.22. The van der Waals surface area contributed by atoms with E-state index in [-0.39, 0.29) is 6.61 Å². The summed E-state index contributed by atoms with van der Waals surface area (Å²) in [5, 5.41) is 18.4. The molecule has 4 N–H and O–H groups in total. The number of nitrogens with two attached hydrogens (primary N) is 1. The zero-order chi connectivity index (χ0) is 26.2. The molecule has 1 aromatic carbocycles. The van der Waals surface area contributed by atoms with Gasteiger partial charge in [-0.3, -0.25) is 0 Å². The van der Waals surface area contributed by atoms with Crippen LogP contribution in [0.5, 0.6) is 11.5 Å². The van der Waals surface area contributed by atoms with Crippen LogP contribution in [0.15, 0.2) is 24.5 Å². The summed E-state index contributed by atoms with van der Waals surface area (Å²) in [7, 11) is 3.29. The van der Waals surface area contributed by atoms with Gasteiger partial charge in [-0.1, -0.05) is 41.6 Å². The van der Waals surface area contributed by atoms with Crippen LogP contribution >= 0.6 is 15.9 Å². The fourth-order valence-corrected chi connectivity index (χ4v) is 4.25. The number of aliphatic hydroxyl groups excluding tert-OH is 2. The summed E-state index contributed by atoms with van der Waals surface area (Å²) >= 11 is 3.34. The highest BCUT2D eigenvalue weighted by Gasteiger charge is 2.17. The molecule has 0 spiro atoms. The first-order valence-corrected chi connectivity index (χ1v) is 13.7. The number of aromatic nitrogens is 4. The highest BCUT2D eigenvalue weighted by Crippen LogP contribution is 2.28. The average Bonchev–Trinajstić information content (AvgIpc) is 3.25. The number of alkyl halides is 1. The number of nitrogen functional groups attached to an aromatic ring is 1. The number of aryl methyl sites for hydroxylation is 1. The Kier molecular flexibility index (Phi) is 14.2. The van der Waals surface area contributed by atoms with Gasteiger partial charge in [-0.2, -0.15) is 0 Å². The molecule has 0 saturated heterocycles. The van der Waals surface area contributed by atoms with E-state index in [2.05, 4.69) is 30.5 Å². The van der Waals surface area contributed by atoms with Crippen LogP contribution in [-0.4, -0.2) is 62.5 Å². The third-order valence-electron chi connectivity index (χ3n) is 5.81. The molecule has 2 aromatic heterocycles. The lowest BCUT2D eigenvalue weighted by molar-refractivity contribution is 0.282. The van der Waals surface area contributed by atoms with Crippen molar-refractivity contribution < 1.29 is 19.7 Å². The number of fused-ring (bicyclic) bond motifs is 1. The Morgan fingerprint density at radius 1 is 0.917 bits per heavy atom. The number of ether oxygens (including phenoxy) is 2. The highest BCUT2D eigenvalue weighted by atomic mass is 79.9. The third-order valence-corrected chi connectivity index (χ3v) is 6.37. The van der Waals surface area contributed by atoms with Gasteiger partial charge in [-0.05, 0) is 43.9 Å². The van der Waals surface area contributed by atoms with Gasteiger partial charge in [0.05, 0.1) is 14.2 Å². The lowest BCUT2D eigenvalue weighted by atomic mass is 10.1. The number of unbranched alkanes of at least 4 members (excludes halogenated alkanes) is 6. The monoisotopic (exact) mass is 565 g/mol. The quantitative estimate of drug-likeness (QED) is 0.181. The van der Waals surface area contributed by atoms with E-state index < -0.39 is 0 Å². The maximum atomic E-state index is 8.95. The van der Waals surface area contributed by atoms with Crippen molar-refractivity contribution in [2.75, 3.05) is 38.5 Å². The Hall–Kier alpha value is -2.43. The number of halogens is 1. The Bertz CT molecular complexity index is 1020. The number of hydrogen-bond acceptors (Lipinski definition) is 8. The smallest absolute Gasteiger partial charge is 0.165 e. The summed E-state index contributed by atoms with van der Waals surface area (Å²) in [6, 6.07) is 5.72. The summed E-state index contributed by atoms with van der Waals surface area (Å²) in [5.41, 5.74) is 8.37. The molecule has 0 aliphatic heterocycles. The molecule has 0 saturated carbocycles. The average molecular weight is 567 g/mol. The Morgan fingerprint density at radius 2 is 1.61 bits per heavy atom. The molecule has 9 nitrogen and oxygen atoms in total. The molecule has 0 unspecified atom stereocenters. The number of hydrogen-bond donors (Lipinski definition) is 3. The minimum absolute atomic E-state index is 0.235. The second-order valence-electron chi connectivity index (χ2n) is 8.43. The molecule has 0 bridgehead atoms. The maximum absolute atomic E-state index is 8.95. The van der Waals surface area contributed by atoms with Crippen molar-refractivity contribution in [1.82, 2.24) is 19.5 Å². The van der Waals surface area contributed by atoms with E-state index in [0.29, 0.717) is 24.4 Å². The van der Waals surface area contributed by atoms with Gasteiger partial charge < -0.3 is 30.0 Å². The number of imidazole rings is 1. The third kappa shape index (κ3) is 9.22. The Morgan fingerprint density at radius 3 is 2.25 bits per heavy atom. The van der Waals surface area contributed by atoms with Crippen molar-refractivity contribution in [2.24, 2.45) is 0 Å². The topological polar surface area (TPSA) is 129 Å². The molecule has 0 amide bonds. The largest absolute Gasteiger partial charge is 0.497 e. The van der Waals surface area contributed by atoms with Crippen LogP contribution in [-0.2, 0) is 13.0 Å². The molecule has 0 fully saturated rings. The molecule has 10 heteroatoms. The first-order valence-electron chi connectivity index (χ1n) is 12.5. The first kappa shape index (κ1) is 29.8. The van der Waals surface area contributed by atoms with Crippen molar-refractivity contribution in [2.45, 2.75) is 64.3 Å². The van der Waals surface area contributed by atoms with Crippen LogP contribution in [0.4, 0.5) is 5.82 Å². The maximum Gasteiger partial charge on any atom is 0.165 e. The van der Waals surface area contributed by atoms with Gasteiger partial charge in [-0.25, -0.2) is 15.0 Å². The van der Waals surface area contributed by atoms with Crippen LogP contribution in [0.3, 0.4) is 0 Å². The number of rotatable bonds is 15. The van der Waals surface area contributed by atoms with Crippen molar-refractivity contribution in [3.63, 3.8) is 0 Å². The normalized spacial score (nSPS) is 10.8. The molecule has 0 atom stereocenters. The van der Waals surface area contributed by atoms with Gasteiger partial charge >= 0.3 is 0 Å². The van der Waals surface area contributed by atoms with E-state index >= 15 is 0 Å². The number of methoxy groups -OCH3 is 2. The summed E-state index contributed by atoms with van der Waals surface area (Å²) in [6.07, 6.45) is 10.5. The van der Waals surface area contributed by atoms with Gasteiger partial charge in [0.2, 0.25) is 0 Å². The summed E-state index contributed by atoms with van der Waals surface area (Å²) in [5.74, 6) is 2.78. The zero-order valence-electron chi connectivity index (χ0n) is 21.5. The van der Waals surface area contributed by atoms with E-state index in [1.165, 1.54) is 25.6 Å². The van der Waals surface area contributed by atoms with Crippen LogP contribution in [0.2, 0.25) is 0 Å². The van der Waals surface area contributed by atoms with E-state index in [1.807, 2.05) is 18.2 Å². The van der Waals surface area contributed by atoms with Crippen LogP contribution in [0, 0.1) is 0 Å². The number of benzene rings is 1. The van der Waals surface area contributed by atoms with E-state index in [1.54, 1.807) is 14.2 Å². The van der Waals surface area contributed by atoms with Crippen molar-refractivity contribution in [1.29, 1.82) is 0 Å². The number of nitrogens with zero attached hydrogens (tertiary/aromatic N) is 4. The van der Waals surface area contributed by atoms with Gasteiger partial charge in [0.1, 0.15) is 23.7 Å². The molecule has 36 heavy (non-hydrogen) atoms. The van der Waals surface area contributed by atoms with Crippen molar-refractivity contribution in [3.05, 3.63) is 35.9 Å². The Labute approximate surface area is 222 Å². The standard InChI is InChI=1S/C20H27N5O3.C6H13BrO/c1-27-15-7-8-16(28-2)14(11-15)12-17-24-18-19(21)22-13-23-20(18)25(17)9-5-3-4-6-10-26;7-5-3-1-2-4-6-8/h7-8,11,13,26H,3-6,9-10,12H2,1-2H3,(H2,21,22,23);8H,1-6H2. The fourth-order valence-electron chi connectivity index (χ4n) is 3.85. The molecule has 3 aromatic rings. The molecule has 0 aliphatic carbocycles. The molecule has 0 aliphatic rings. The minimum Gasteiger partial charge on any atom is -0.497 e. The lowest BCUT2D eigenvalue weighted by Gasteiger charge is -2.12. The second kappa shape index (κ2) is 17.1. The highest BCUT2D eigenvalue weighted by molar-refractivity contribution is 9.09. The van der Waals surface area contributed by atoms with E-state index in [9.17, 15) is 0 Å². The lowest BCUT2D eigenvalue weighted by Crippen LogP contribution is -2.07. The van der Waals surface area contributed by atoms with Crippen LogP contribution in [0.25, 0.3) is 11.2 Å². The minimum atomic E-state index is 0.235. The molecule has 0 radical (unpaired) electrons. The fraction of sp³-hybridized carbons (Fsp3) is 0.577. The van der Waals surface area contributed by atoms with Crippen LogP contribution < -0.4 is 15.2 Å². The SMILES string of the molecule is COc1ccc(OC)c(Cc2nc3c(N)ncnc3n2CCCCCCO)c1.OCCCCCCBr. The molecular formula is C26H40BrN5O4. The van der Waals surface area contributed by atoms with E-state index in [0.717, 1.165) is 72.5 Å².